The van der Waals surface area contributed by atoms with E-state index < -0.39 is 0 Å². The van der Waals surface area contributed by atoms with Crippen LogP contribution in [0.15, 0.2) is 0 Å². The molecule has 84 valence electrons. The molecule has 1 atom stereocenters. The molecule has 0 aliphatic heterocycles. The summed E-state index contributed by atoms with van der Waals surface area (Å²) in [6.07, 6.45) is 8.56. The minimum Gasteiger partial charge on any atom is -0.313 e. The van der Waals surface area contributed by atoms with E-state index in [4.69, 9.17) is 0 Å². The van der Waals surface area contributed by atoms with Crippen LogP contribution in [0.5, 0.6) is 0 Å². The monoisotopic (exact) mass is 197 g/mol. The molecule has 1 heteroatoms. The van der Waals surface area contributed by atoms with Crippen molar-refractivity contribution < 1.29 is 0 Å². The maximum absolute atomic E-state index is 3.74. The summed E-state index contributed by atoms with van der Waals surface area (Å²) in [5, 5.41) is 3.74. The lowest BCUT2D eigenvalue weighted by Crippen LogP contribution is -2.41. The Morgan fingerprint density at radius 2 is 1.79 bits per heavy atom. The second-order valence-corrected chi connectivity index (χ2v) is 5.12. The first-order valence-corrected chi connectivity index (χ1v) is 6.49. The summed E-state index contributed by atoms with van der Waals surface area (Å²) in [4.78, 5) is 0. The first-order chi connectivity index (χ1) is 6.75. The van der Waals surface area contributed by atoms with Crippen molar-refractivity contribution in [2.45, 2.75) is 65.3 Å². The number of hydrogen-bond acceptors (Lipinski definition) is 1. The molecule has 14 heavy (non-hydrogen) atoms. The molecule has 0 aromatic rings. The van der Waals surface area contributed by atoms with Gasteiger partial charge in [-0.15, -0.1) is 0 Å². The van der Waals surface area contributed by atoms with Gasteiger partial charge < -0.3 is 5.32 Å². The van der Waals surface area contributed by atoms with E-state index in [2.05, 4.69) is 26.1 Å². The van der Waals surface area contributed by atoms with Crippen LogP contribution in [0, 0.1) is 11.8 Å². The molecule has 0 spiro atoms. The molecule has 1 rings (SSSR count). The fourth-order valence-electron chi connectivity index (χ4n) is 2.75. The molecule has 0 saturated heterocycles. The Bertz CT molecular complexity index is 136. The van der Waals surface area contributed by atoms with Crippen molar-refractivity contribution >= 4 is 0 Å². The van der Waals surface area contributed by atoms with Gasteiger partial charge in [0.1, 0.15) is 0 Å². The molecule has 0 amide bonds. The van der Waals surface area contributed by atoms with Gasteiger partial charge in [-0.1, -0.05) is 40.0 Å². The summed E-state index contributed by atoms with van der Waals surface area (Å²) < 4.78 is 0. The van der Waals surface area contributed by atoms with Gasteiger partial charge >= 0.3 is 0 Å². The average Bonchev–Trinajstić information content (AvgIpc) is 2.19. The Balaban J connectivity index is 2.39. The van der Waals surface area contributed by atoms with E-state index in [1.54, 1.807) is 0 Å². The first-order valence-electron chi connectivity index (χ1n) is 6.49. The van der Waals surface area contributed by atoms with Gasteiger partial charge in [-0.25, -0.2) is 0 Å². The third kappa shape index (κ3) is 3.61. The molecule has 1 saturated carbocycles. The smallest absolute Gasteiger partial charge is 0.0118 e. The van der Waals surface area contributed by atoms with E-state index in [-0.39, 0.29) is 0 Å². The van der Waals surface area contributed by atoms with Gasteiger partial charge in [-0.2, -0.15) is 0 Å². The Hall–Kier alpha value is -0.0400. The molecular weight excluding hydrogens is 170 g/mol. The highest BCUT2D eigenvalue weighted by Gasteiger charge is 2.25. The van der Waals surface area contributed by atoms with Crippen LogP contribution in [0.3, 0.4) is 0 Å². The Kier molecular flexibility index (Phi) is 5.54. The van der Waals surface area contributed by atoms with Gasteiger partial charge in [0, 0.05) is 6.04 Å². The fourth-order valence-corrected chi connectivity index (χ4v) is 2.75. The van der Waals surface area contributed by atoms with Gasteiger partial charge in [0.15, 0.2) is 0 Å². The van der Waals surface area contributed by atoms with Crippen molar-refractivity contribution in [3.63, 3.8) is 0 Å². The fraction of sp³-hybridized carbons (Fsp3) is 1.00. The van der Waals surface area contributed by atoms with Crippen LogP contribution < -0.4 is 5.32 Å². The van der Waals surface area contributed by atoms with E-state index in [0.29, 0.717) is 0 Å². The van der Waals surface area contributed by atoms with E-state index in [1.165, 1.54) is 45.1 Å². The zero-order valence-electron chi connectivity index (χ0n) is 10.2. The van der Waals surface area contributed by atoms with Gasteiger partial charge in [0.25, 0.3) is 0 Å². The Morgan fingerprint density at radius 1 is 1.14 bits per heavy atom. The molecule has 1 N–H and O–H groups in total. The van der Waals surface area contributed by atoms with Gasteiger partial charge in [-0.05, 0) is 37.6 Å². The van der Waals surface area contributed by atoms with Crippen LogP contribution in [-0.4, -0.2) is 12.6 Å². The van der Waals surface area contributed by atoms with Crippen LogP contribution in [0.4, 0.5) is 0 Å². The van der Waals surface area contributed by atoms with Crippen molar-refractivity contribution in [3.8, 4) is 0 Å². The third-order valence-corrected chi connectivity index (χ3v) is 3.51. The van der Waals surface area contributed by atoms with Crippen LogP contribution in [0.1, 0.15) is 59.3 Å². The summed E-state index contributed by atoms with van der Waals surface area (Å²) in [7, 11) is 0. The second kappa shape index (κ2) is 6.44. The minimum atomic E-state index is 0.773. The van der Waals surface area contributed by atoms with Crippen molar-refractivity contribution in [2.24, 2.45) is 11.8 Å². The molecule has 0 heterocycles. The van der Waals surface area contributed by atoms with E-state index in [0.717, 1.165) is 17.9 Å². The van der Waals surface area contributed by atoms with Crippen LogP contribution >= 0.6 is 0 Å². The molecule has 0 aromatic carbocycles. The molecule has 1 aliphatic carbocycles. The number of rotatable bonds is 5. The van der Waals surface area contributed by atoms with Crippen molar-refractivity contribution in [1.82, 2.24) is 5.32 Å². The third-order valence-electron chi connectivity index (χ3n) is 3.51. The number of hydrogen-bond donors (Lipinski definition) is 1. The topological polar surface area (TPSA) is 12.0 Å². The van der Waals surface area contributed by atoms with Crippen LogP contribution in [0.25, 0.3) is 0 Å². The highest BCUT2D eigenvalue weighted by atomic mass is 14.9. The summed E-state index contributed by atoms with van der Waals surface area (Å²) in [6, 6.07) is 0.773. The summed E-state index contributed by atoms with van der Waals surface area (Å²) in [6.45, 7) is 8.18. The van der Waals surface area contributed by atoms with E-state index >= 15 is 0 Å². The van der Waals surface area contributed by atoms with Crippen LogP contribution in [-0.2, 0) is 0 Å². The predicted molar refractivity (Wildman–Crippen MR) is 63.5 cm³/mol. The molecule has 1 nitrogen and oxygen atoms in total. The molecule has 0 radical (unpaired) electrons. The quantitative estimate of drug-likeness (QED) is 0.710. The molecular formula is C13H27N. The zero-order chi connectivity index (χ0) is 10.4. The normalized spacial score (nSPS) is 21.4. The standard InChI is InChI=1S/C13H27N/c1-4-10-14-13(11(2)3)12-8-6-5-7-9-12/h11-14H,4-10H2,1-3H3. The maximum atomic E-state index is 3.74. The zero-order valence-corrected chi connectivity index (χ0v) is 10.2. The van der Waals surface area contributed by atoms with Crippen molar-refractivity contribution in [2.75, 3.05) is 6.54 Å². The molecule has 1 aliphatic rings. The van der Waals surface area contributed by atoms with Gasteiger partial charge in [0.05, 0.1) is 0 Å². The largest absolute Gasteiger partial charge is 0.313 e. The Morgan fingerprint density at radius 3 is 2.29 bits per heavy atom. The van der Waals surface area contributed by atoms with E-state index in [9.17, 15) is 0 Å². The van der Waals surface area contributed by atoms with Gasteiger partial charge in [-0.3, -0.25) is 0 Å². The highest BCUT2D eigenvalue weighted by Crippen LogP contribution is 2.29. The van der Waals surface area contributed by atoms with Gasteiger partial charge in [0.2, 0.25) is 0 Å². The van der Waals surface area contributed by atoms with Crippen molar-refractivity contribution in [3.05, 3.63) is 0 Å². The summed E-state index contributed by atoms with van der Waals surface area (Å²) in [5.41, 5.74) is 0. The highest BCUT2D eigenvalue weighted by molar-refractivity contribution is 4.81. The first kappa shape index (κ1) is 12.0. The van der Waals surface area contributed by atoms with Crippen molar-refractivity contribution in [1.29, 1.82) is 0 Å². The minimum absolute atomic E-state index is 0.773. The molecule has 0 bridgehead atoms. The molecule has 1 unspecified atom stereocenters. The Labute approximate surface area is 89.7 Å². The maximum Gasteiger partial charge on any atom is 0.0118 e. The predicted octanol–water partition coefficient (Wildman–Crippen LogP) is 3.59. The number of nitrogens with one attached hydrogen (secondary N) is 1. The van der Waals surface area contributed by atoms with Crippen LogP contribution in [0.2, 0.25) is 0 Å². The summed E-state index contributed by atoms with van der Waals surface area (Å²) >= 11 is 0. The average molecular weight is 197 g/mol. The summed E-state index contributed by atoms with van der Waals surface area (Å²) in [5.74, 6) is 1.75. The second-order valence-electron chi connectivity index (χ2n) is 5.12. The van der Waals surface area contributed by atoms with E-state index in [1.807, 2.05) is 0 Å². The lowest BCUT2D eigenvalue weighted by molar-refractivity contribution is 0.223. The molecule has 0 aromatic heterocycles. The molecule has 1 fully saturated rings. The lowest BCUT2D eigenvalue weighted by atomic mass is 9.79. The SMILES string of the molecule is CCCNC(C(C)C)C1CCCCC1. The lowest BCUT2D eigenvalue weighted by Gasteiger charge is -2.33.